The molecule has 0 amide bonds. The van der Waals surface area contributed by atoms with E-state index < -0.39 is 0 Å². The minimum atomic E-state index is -0.196. The molecule has 2 heterocycles. The Morgan fingerprint density at radius 3 is 2.50 bits per heavy atom. The Kier molecular flexibility index (Phi) is 6.96. The van der Waals surface area contributed by atoms with Gasteiger partial charge < -0.3 is 9.30 Å². The van der Waals surface area contributed by atoms with Crippen molar-refractivity contribution >= 4 is 23.1 Å². The lowest BCUT2D eigenvalue weighted by Gasteiger charge is -2.15. The second kappa shape index (κ2) is 9.88. The molecule has 2 aromatic carbocycles. The van der Waals surface area contributed by atoms with Crippen LogP contribution in [0, 0.1) is 6.92 Å². The molecule has 0 bridgehead atoms. The predicted molar refractivity (Wildman–Crippen MR) is 132 cm³/mol. The highest BCUT2D eigenvalue weighted by Gasteiger charge is 2.18. The van der Waals surface area contributed by atoms with E-state index in [1.54, 1.807) is 23.1 Å². The number of thiazole rings is 1. The van der Waals surface area contributed by atoms with Crippen molar-refractivity contribution in [1.29, 1.82) is 0 Å². The minimum Gasteiger partial charge on any atom is -0.483 e. The van der Waals surface area contributed by atoms with Gasteiger partial charge in [0.05, 0.1) is 5.69 Å². The molecule has 7 heteroatoms. The number of thioether (sulfide) groups is 1. The van der Waals surface area contributed by atoms with Crippen LogP contribution in [0.15, 0.2) is 59.1 Å². The summed E-state index contributed by atoms with van der Waals surface area (Å²) in [4.78, 5) is 4.82. The molecule has 0 aliphatic heterocycles. The van der Waals surface area contributed by atoms with Crippen LogP contribution < -0.4 is 4.74 Å². The number of nitrogens with zero attached hydrogens (tertiary/aromatic N) is 4. The molecule has 0 aliphatic carbocycles. The van der Waals surface area contributed by atoms with Gasteiger partial charge in [0.1, 0.15) is 10.8 Å². The van der Waals surface area contributed by atoms with Crippen molar-refractivity contribution in [3.8, 4) is 16.3 Å². The zero-order valence-corrected chi connectivity index (χ0v) is 20.7. The van der Waals surface area contributed by atoms with Crippen LogP contribution >= 0.6 is 23.1 Å². The summed E-state index contributed by atoms with van der Waals surface area (Å²) in [6.07, 6.45) is -0.196. The lowest BCUT2D eigenvalue weighted by Crippen LogP contribution is -2.10. The molecule has 0 aliphatic rings. The smallest absolute Gasteiger partial charge is 0.191 e. The van der Waals surface area contributed by atoms with Gasteiger partial charge in [-0.1, -0.05) is 62.0 Å². The van der Waals surface area contributed by atoms with Crippen molar-refractivity contribution in [1.82, 2.24) is 19.7 Å². The van der Waals surface area contributed by atoms with E-state index in [1.807, 2.05) is 30.7 Å². The van der Waals surface area contributed by atoms with Gasteiger partial charge in [-0.3, -0.25) is 0 Å². The Bertz CT molecular complexity index is 1180. The third-order valence-corrected chi connectivity index (χ3v) is 7.35. The first-order valence-electron chi connectivity index (χ1n) is 10.7. The maximum atomic E-state index is 6.11. The van der Waals surface area contributed by atoms with Gasteiger partial charge in [0.25, 0.3) is 0 Å². The molecule has 0 N–H and O–H groups in total. The molecular weight excluding hydrogens is 436 g/mol. The molecule has 5 nitrogen and oxygen atoms in total. The highest BCUT2D eigenvalue weighted by Crippen LogP contribution is 2.30. The molecule has 0 saturated carbocycles. The van der Waals surface area contributed by atoms with Crippen molar-refractivity contribution in [3.63, 3.8) is 0 Å². The fraction of sp³-hybridized carbons (Fsp3) is 0.320. The summed E-state index contributed by atoms with van der Waals surface area (Å²) in [7, 11) is 1.99. The van der Waals surface area contributed by atoms with E-state index in [0.29, 0.717) is 5.92 Å². The Labute approximate surface area is 197 Å². The quantitative estimate of drug-likeness (QED) is 0.268. The van der Waals surface area contributed by atoms with Crippen LogP contribution in [0.25, 0.3) is 10.6 Å². The Hall–Kier alpha value is -2.64. The van der Waals surface area contributed by atoms with Gasteiger partial charge in [0.15, 0.2) is 17.1 Å². The fourth-order valence-corrected chi connectivity index (χ4v) is 5.27. The highest BCUT2D eigenvalue weighted by molar-refractivity contribution is 7.98. The molecule has 1 unspecified atom stereocenters. The molecular formula is C25H28N4OS2. The van der Waals surface area contributed by atoms with Crippen LogP contribution in [0.2, 0.25) is 0 Å². The summed E-state index contributed by atoms with van der Waals surface area (Å²) < 4.78 is 8.12. The van der Waals surface area contributed by atoms with Crippen molar-refractivity contribution < 1.29 is 4.74 Å². The number of ether oxygens (including phenoxy) is 1. The first kappa shape index (κ1) is 22.6. The molecule has 1 atom stereocenters. The van der Waals surface area contributed by atoms with Crippen LogP contribution in [0.4, 0.5) is 0 Å². The molecule has 2 aromatic heterocycles. The van der Waals surface area contributed by atoms with E-state index in [0.717, 1.165) is 33.2 Å². The van der Waals surface area contributed by atoms with Gasteiger partial charge >= 0.3 is 0 Å². The minimum absolute atomic E-state index is 0.196. The molecule has 166 valence electrons. The van der Waals surface area contributed by atoms with Crippen LogP contribution in [0.3, 0.4) is 0 Å². The zero-order chi connectivity index (χ0) is 22.7. The molecule has 4 aromatic rings. The summed E-state index contributed by atoms with van der Waals surface area (Å²) in [6.45, 7) is 8.50. The topological polar surface area (TPSA) is 52.8 Å². The molecule has 0 spiro atoms. The molecule has 32 heavy (non-hydrogen) atoms. The van der Waals surface area contributed by atoms with Gasteiger partial charge in [0, 0.05) is 23.7 Å². The van der Waals surface area contributed by atoms with E-state index in [9.17, 15) is 0 Å². The maximum Gasteiger partial charge on any atom is 0.191 e. The fourth-order valence-electron chi connectivity index (χ4n) is 3.44. The molecule has 0 saturated heterocycles. The number of rotatable bonds is 8. The van der Waals surface area contributed by atoms with Gasteiger partial charge in [0.2, 0.25) is 0 Å². The predicted octanol–water partition coefficient (Wildman–Crippen LogP) is 6.80. The van der Waals surface area contributed by atoms with Crippen molar-refractivity contribution in [2.45, 2.75) is 50.6 Å². The monoisotopic (exact) mass is 464 g/mol. The lowest BCUT2D eigenvalue weighted by atomic mass is 10.0. The summed E-state index contributed by atoms with van der Waals surface area (Å²) in [5.74, 6) is 2.90. The van der Waals surface area contributed by atoms with Crippen LogP contribution in [-0.4, -0.2) is 19.7 Å². The summed E-state index contributed by atoms with van der Waals surface area (Å²) in [5, 5.41) is 12.8. The van der Waals surface area contributed by atoms with Crippen LogP contribution in [0.1, 0.15) is 55.4 Å². The first-order chi connectivity index (χ1) is 15.4. The van der Waals surface area contributed by atoms with E-state index in [4.69, 9.17) is 9.72 Å². The second-order valence-electron chi connectivity index (χ2n) is 8.13. The normalized spacial score (nSPS) is 12.3. The molecule has 4 rings (SSSR count). The number of benzene rings is 2. The van der Waals surface area contributed by atoms with Crippen molar-refractivity contribution in [3.05, 3.63) is 76.6 Å². The highest BCUT2D eigenvalue weighted by atomic mass is 32.2. The zero-order valence-electron chi connectivity index (χ0n) is 19.1. The van der Waals surface area contributed by atoms with Crippen molar-refractivity contribution in [2.24, 2.45) is 7.05 Å². The lowest BCUT2D eigenvalue weighted by molar-refractivity contribution is 0.211. The average Bonchev–Trinajstić information content (AvgIpc) is 3.39. The van der Waals surface area contributed by atoms with Gasteiger partial charge in [-0.25, -0.2) is 4.98 Å². The van der Waals surface area contributed by atoms with Gasteiger partial charge in [-0.05, 0) is 43.0 Å². The first-order valence-corrected chi connectivity index (χ1v) is 12.6. The summed E-state index contributed by atoms with van der Waals surface area (Å²) >= 11 is 3.32. The summed E-state index contributed by atoms with van der Waals surface area (Å²) in [5.41, 5.74) is 4.79. The maximum absolute atomic E-state index is 6.11. The van der Waals surface area contributed by atoms with E-state index in [2.05, 4.69) is 72.7 Å². The standard InChI is InChI=1S/C25H28N4OS2/c1-16(2)19-10-12-21(13-11-19)30-18(4)23-27-28-25(29(23)5)32-15-20-14-31-24(26-20)22-9-7-6-8-17(22)3/h6-14,16,18H,15H2,1-5H3. The Balaban J connectivity index is 1.39. The van der Waals surface area contributed by atoms with E-state index >= 15 is 0 Å². The van der Waals surface area contributed by atoms with Gasteiger partial charge in [-0.15, -0.1) is 21.5 Å². The van der Waals surface area contributed by atoms with E-state index in [-0.39, 0.29) is 6.10 Å². The molecule has 0 radical (unpaired) electrons. The average molecular weight is 465 g/mol. The van der Waals surface area contributed by atoms with Gasteiger partial charge in [-0.2, -0.15) is 0 Å². The molecule has 0 fully saturated rings. The SMILES string of the molecule is Cc1ccccc1-c1nc(CSc2nnc(C(C)Oc3ccc(C(C)C)cc3)n2C)cs1. The largest absolute Gasteiger partial charge is 0.483 e. The second-order valence-corrected chi connectivity index (χ2v) is 9.93. The van der Waals surface area contributed by atoms with Crippen LogP contribution in [0.5, 0.6) is 5.75 Å². The third-order valence-electron chi connectivity index (χ3n) is 5.37. The van der Waals surface area contributed by atoms with E-state index in [1.165, 1.54) is 16.7 Å². The third kappa shape index (κ3) is 5.05. The van der Waals surface area contributed by atoms with Crippen molar-refractivity contribution in [2.75, 3.05) is 0 Å². The number of hydrogen-bond donors (Lipinski definition) is 0. The number of hydrogen-bond acceptors (Lipinski definition) is 6. The Morgan fingerprint density at radius 2 is 1.78 bits per heavy atom. The van der Waals surface area contributed by atoms with Crippen LogP contribution in [-0.2, 0) is 12.8 Å². The number of aromatic nitrogens is 4. The Morgan fingerprint density at radius 1 is 1.03 bits per heavy atom. The number of aryl methyl sites for hydroxylation is 1. The summed E-state index contributed by atoms with van der Waals surface area (Å²) in [6, 6.07) is 16.6.